The summed E-state index contributed by atoms with van der Waals surface area (Å²) >= 11 is 0. The minimum atomic E-state index is -1.08. The van der Waals surface area contributed by atoms with E-state index < -0.39 is 5.97 Å². The van der Waals surface area contributed by atoms with Crippen LogP contribution in [0.5, 0.6) is 0 Å². The van der Waals surface area contributed by atoms with Crippen LogP contribution in [0.1, 0.15) is 35.8 Å². The lowest BCUT2D eigenvalue weighted by Crippen LogP contribution is -2.04. The molecule has 0 aromatic carbocycles. The Morgan fingerprint density at radius 3 is 2.94 bits per heavy atom. The highest BCUT2D eigenvalue weighted by molar-refractivity contribution is 5.87. The van der Waals surface area contributed by atoms with E-state index in [0.717, 1.165) is 6.42 Å². The summed E-state index contributed by atoms with van der Waals surface area (Å²) in [5.41, 5.74) is 0.757. The van der Waals surface area contributed by atoms with Gasteiger partial charge in [0.05, 0.1) is 0 Å². The van der Waals surface area contributed by atoms with E-state index in [9.17, 15) is 4.79 Å². The Bertz CT molecular complexity index is 607. The molecule has 1 fully saturated rings. The van der Waals surface area contributed by atoms with Crippen molar-refractivity contribution in [3.8, 4) is 0 Å². The third kappa shape index (κ3) is 1.74. The van der Waals surface area contributed by atoms with E-state index in [0.29, 0.717) is 29.6 Å². The molecule has 3 rings (SSSR count). The summed E-state index contributed by atoms with van der Waals surface area (Å²) < 4.78 is 11.1. The van der Waals surface area contributed by atoms with Gasteiger partial charge in [0, 0.05) is 6.61 Å². The molecule has 1 aliphatic rings. The molecule has 6 heteroatoms. The van der Waals surface area contributed by atoms with Gasteiger partial charge in [0.1, 0.15) is 6.10 Å². The minimum absolute atomic E-state index is 0.0391. The smallest absolute Gasteiger partial charge is 0.354 e. The SMILES string of the molecule is CC1CCOC1c1nc2nc(C(=O)O)ccc2o1. The summed E-state index contributed by atoms with van der Waals surface area (Å²) in [6.07, 6.45) is 0.810. The average molecular weight is 248 g/mol. The largest absolute Gasteiger partial charge is 0.477 e. The lowest BCUT2D eigenvalue weighted by molar-refractivity contribution is 0.0691. The molecule has 0 aliphatic carbocycles. The van der Waals surface area contributed by atoms with Crippen molar-refractivity contribution < 1.29 is 19.1 Å². The van der Waals surface area contributed by atoms with Gasteiger partial charge in [-0.3, -0.25) is 0 Å². The van der Waals surface area contributed by atoms with Crippen LogP contribution in [0.15, 0.2) is 16.5 Å². The Balaban J connectivity index is 2.02. The van der Waals surface area contributed by atoms with Crippen molar-refractivity contribution in [2.45, 2.75) is 19.4 Å². The molecule has 18 heavy (non-hydrogen) atoms. The van der Waals surface area contributed by atoms with Gasteiger partial charge in [0.15, 0.2) is 16.9 Å². The summed E-state index contributed by atoms with van der Waals surface area (Å²) in [7, 11) is 0. The van der Waals surface area contributed by atoms with Crippen molar-refractivity contribution in [1.82, 2.24) is 9.97 Å². The lowest BCUT2D eigenvalue weighted by Gasteiger charge is -2.08. The van der Waals surface area contributed by atoms with E-state index in [1.165, 1.54) is 6.07 Å². The topological polar surface area (TPSA) is 85.5 Å². The second kappa shape index (κ2) is 4.06. The van der Waals surface area contributed by atoms with Gasteiger partial charge in [-0.25, -0.2) is 9.78 Å². The number of aromatic carboxylic acids is 1. The molecule has 0 radical (unpaired) electrons. The number of carbonyl (C=O) groups is 1. The molecule has 0 amide bonds. The van der Waals surface area contributed by atoms with Crippen molar-refractivity contribution in [3.63, 3.8) is 0 Å². The summed E-state index contributed by atoms with van der Waals surface area (Å²) in [5.74, 6) is -0.256. The lowest BCUT2D eigenvalue weighted by atomic mass is 10.0. The highest BCUT2D eigenvalue weighted by Gasteiger charge is 2.30. The minimum Gasteiger partial charge on any atom is -0.477 e. The van der Waals surface area contributed by atoms with Gasteiger partial charge in [0.25, 0.3) is 0 Å². The molecule has 2 aromatic rings. The number of pyridine rings is 1. The van der Waals surface area contributed by atoms with E-state index in [1.807, 2.05) is 0 Å². The number of ether oxygens (including phenoxy) is 1. The number of nitrogens with zero attached hydrogens (tertiary/aromatic N) is 2. The molecular weight excluding hydrogens is 236 g/mol. The maximum Gasteiger partial charge on any atom is 0.354 e. The first-order valence-electron chi connectivity index (χ1n) is 5.77. The third-order valence-corrected chi connectivity index (χ3v) is 3.12. The molecule has 94 valence electrons. The first kappa shape index (κ1) is 11.2. The fraction of sp³-hybridized carbons (Fsp3) is 0.417. The predicted molar refractivity (Wildman–Crippen MR) is 61.2 cm³/mol. The van der Waals surface area contributed by atoms with Crippen molar-refractivity contribution >= 4 is 17.2 Å². The van der Waals surface area contributed by atoms with Crippen LogP contribution in [-0.4, -0.2) is 27.7 Å². The van der Waals surface area contributed by atoms with Crippen LogP contribution in [0.2, 0.25) is 0 Å². The predicted octanol–water partition coefficient (Wildman–Crippen LogP) is 2.02. The first-order valence-corrected chi connectivity index (χ1v) is 5.77. The Kier molecular flexibility index (Phi) is 2.52. The van der Waals surface area contributed by atoms with Crippen LogP contribution in [0.25, 0.3) is 11.2 Å². The van der Waals surface area contributed by atoms with E-state index in [2.05, 4.69) is 16.9 Å². The normalized spacial score (nSPS) is 23.6. The Labute approximate surface area is 103 Å². The zero-order valence-electron chi connectivity index (χ0n) is 9.79. The second-order valence-corrected chi connectivity index (χ2v) is 4.43. The summed E-state index contributed by atoms with van der Waals surface area (Å²) in [4.78, 5) is 19.0. The van der Waals surface area contributed by atoms with Gasteiger partial charge < -0.3 is 14.3 Å². The van der Waals surface area contributed by atoms with Crippen LogP contribution in [0.3, 0.4) is 0 Å². The summed E-state index contributed by atoms with van der Waals surface area (Å²) in [6, 6.07) is 2.97. The van der Waals surface area contributed by atoms with Crippen molar-refractivity contribution in [1.29, 1.82) is 0 Å². The molecule has 2 atom stereocenters. The number of oxazole rings is 1. The van der Waals surface area contributed by atoms with Gasteiger partial charge in [-0.1, -0.05) is 6.92 Å². The number of hydrogen-bond acceptors (Lipinski definition) is 5. The monoisotopic (exact) mass is 248 g/mol. The Hall–Kier alpha value is -1.95. The highest BCUT2D eigenvalue weighted by atomic mass is 16.5. The van der Waals surface area contributed by atoms with Gasteiger partial charge in [0.2, 0.25) is 5.89 Å². The summed E-state index contributed by atoms with van der Waals surface area (Å²) in [6.45, 7) is 2.76. The maximum absolute atomic E-state index is 10.8. The first-order chi connectivity index (χ1) is 8.65. The van der Waals surface area contributed by atoms with Crippen LogP contribution in [0.4, 0.5) is 0 Å². The molecule has 2 unspecified atom stereocenters. The fourth-order valence-corrected chi connectivity index (χ4v) is 2.09. The number of hydrogen-bond donors (Lipinski definition) is 1. The molecule has 0 bridgehead atoms. The van der Waals surface area contributed by atoms with E-state index in [1.54, 1.807) is 6.07 Å². The zero-order valence-corrected chi connectivity index (χ0v) is 9.79. The molecule has 1 saturated heterocycles. The Morgan fingerprint density at radius 1 is 1.44 bits per heavy atom. The average Bonchev–Trinajstić information content (AvgIpc) is 2.92. The number of fused-ring (bicyclic) bond motifs is 1. The molecular formula is C12H12N2O4. The van der Waals surface area contributed by atoms with E-state index >= 15 is 0 Å². The third-order valence-electron chi connectivity index (χ3n) is 3.12. The van der Waals surface area contributed by atoms with Crippen LogP contribution in [0, 0.1) is 5.92 Å². The molecule has 1 N–H and O–H groups in total. The van der Waals surface area contributed by atoms with E-state index in [-0.39, 0.29) is 11.8 Å². The molecule has 0 saturated carbocycles. The standard InChI is InChI=1S/C12H12N2O4/c1-6-4-5-17-9(6)11-14-10-8(18-11)3-2-7(13-10)12(15)16/h2-3,6,9H,4-5H2,1H3,(H,15,16). The number of carboxylic acid groups (broad SMARTS) is 1. The van der Waals surface area contributed by atoms with Crippen LogP contribution >= 0.6 is 0 Å². The molecule has 3 heterocycles. The molecule has 6 nitrogen and oxygen atoms in total. The number of aromatic nitrogens is 2. The second-order valence-electron chi connectivity index (χ2n) is 4.43. The van der Waals surface area contributed by atoms with Gasteiger partial charge in [-0.05, 0) is 24.5 Å². The fourth-order valence-electron chi connectivity index (χ4n) is 2.09. The van der Waals surface area contributed by atoms with Gasteiger partial charge in [-0.15, -0.1) is 0 Å². The number of rotatable bonds is 2. The van der Waals surface area contributed by atoms with Crippen LogP contribution < -0.4 is 0 Å². The van der Waals surface area contributed by atoms with Crippen LogP contribution in [-0.2, 0) is 4.74 Å². The Morgan fingerprint density at radius 2 is 2.28 bits per heavy atom. The summed E-state index contributed by atoms with van der Waals surface area (Å²) in [5, 5.41) is 8.86. The zero-order chi connectivity index (χ0) is 12.7. The van der Waals surface area contributed by atoms with Gasteiger partial charge >= 0.3 is 5.97 Å². The highest BCUT2D eigenvalue weighted by Crippen LogP contribution is 2.34. The maximum atomic E-state index is 10.8. The van der Waals surface area contributed by atoms with E-state index in [4.69, 9.17) is 14.3 Å². The quantitative estimate of drug-likeness (QED) is 0.875. The van der Waals surface area contributed by atoms with Crippen molar-refractivity contribution in [3.05, 3.63) is 23.7 Å². The number of carboxylic acids is 1. The molecule has 0 spiro atoms. The van der Waals surface area contributed by atoms with Crippen molar-refractivity contribution in [2.24, 2.45) is 5.92 Å². The van der Waals surface area contributed by atoms with Crippen molar-refractivity contribution in [2.75, 3.05) is 6.61 Å². The van der Waals surface area contributed by atoms with Gasteiger partial charge in [-0.2, -0.15) is 4.98 Å². The molecule has 2 aromatic heterocycles. The molecule has 1 aliphatic heterocycles.